The van der Waals surface area contributed by atoms with Crippen LogP contribution in [0.3, 0.4) is 0 Å². The Bertz CT molecular complexity index is 777. The van der Waals surface area contributed by atoms with E-state index in [4.69, 9.17) is 10.8 Å². The zero-order valence-electron chi connectivity index (χ0n) is 9.95. The van der Waals surface area contributed by atoms with E-state index in [2.05, 4.69) is 4.98 Å². The largest absolute Gasteiger partial charge is 0.478 e. The second-order valence-corrected chi connectivity index (χ2v) is 4.18. The van der Waals surface area contributed by atoms with Crippen LogP contribution >= 0.6 is 0 Å². The number of benzene rings is 1. The molecule has 5 nitrogen and oxygen atoms in total. The van der Waals surface area contributed by atoms with Crippen molar-refractivity contribution < 1.29 is 9.90 Å². The van der Waals surface area contributed by atoms with Crippen LogP contribution < -0.4 is 5.73 Å². The molecular weight excluding hydrogens is 242 g/mol. The summed E-state index contributed by atoms with van der Waals surface area (Å²) in [7, 11) is 0. The highest BCUT2D eigenvalue weighted by molar-refractivity contribution is 5.89. The van der Waals surface area contributed by atoms with Crippen LogP contribution in [0.4, 0.5) is 5.82 Å². The van der Waals surface area contributed by atoms with Gasteiger partial charge in [-0.2, -0.15) is 0 Å². The molecule has 0 radical (unpaired) electrons. The van der Waals surface area contributed by atoms with Gasteiger partial charge in [0.1, 0.15) is 11.6 Å². The maximum absolute atomic E-state index is 11.0. The second kappa shape index (κ2) is 4.13. The highest BCUT2D eigenvalue weighted by Gasteiger charge is 2.10. The predicted octanol–water partition coefficient (Wildman–Crippen LogP) is 2.28. The molecule has 0 bridgehead atoms. The van der Waals surface area contributed by atoms with Crippen molar-refractivity contribution in [3.63, 3.8) is 0 Å². The zero-order valence-corrected chi connectivity index (χ0v) is 9.95. The number of nitrogen functional groups attached to an aromatic ring is 1. The molecule has 3 rings (SSSR count). The SMILES string of the molecule is Nc1cccc2cnc(-c3cccc(C(=O)O)c3)n12. The molecule has 0 amide bonds. The van der Waals surface area contributed by atoms with Gasteiger partial charge in [0.2, 0.25) is 0 Å². The lowest BCUT2D eigenvalue weighted by Gasteiger charge is -2.05. The first kappa shape index (κ1) is 11.3. The first-order chi connectivity index (χ1) is 9.16. The molecule has 0 saturated carbocycles. The third-order valence-electron chi connectivity index (χ3n) is 2.95. The molecule has 3 N–H and O–H groups in total. The van der Waals surface area contributed by atoms with Crippen molar-refractivity contribution in [1.82, 2.24) is 9.38 Å². The fourth-order valence-corrected chi connectivity index (χ4v) is 2.07. The summed E-state index contributed by atoms with van der Waals surface area (Å²) in [5.74, 6) is 0.234. The molecule has 0 spiro atoms. The van der Waals surface area contributed by atoms with Crippen LogP contribution in [-0.2, 0) is 0 Å². The number of nitrogens with two attached hydrogens (primary N) is 1. The number of pyridine rings is 1. The molecule has 19 heavy (non-hydrogen) atoms. The lowest BCUT2D eigenvalue weighted by Crippen LogP contribution is -2.00. The van der Waals surface area contributed by atoms with Crippen molar-refractivity contribution in [2.24, 2.45) is 0 Å². The van der Waals surface area contributed by atoms with Gasteiger partial charge < -0.3 is 10.8 Å². The summed E-state index contributed by atoms with van der Waals surface area (Å²) >= 11 is 0. The van der Waals surface area contributed by atoms with Gasteiger partial charge in [-0.25, -0.2) is 9.78 Å². The maximum atomic E-state index is 11.0. The van der Waals surface area contributed by atoms with Gasteiger partial charge in [0, 0.05) is 5.56 Å². The van der Waals surface area contributed by atoms with Crippen molar-refractivity contribution in [1.29, 1.82) is 0 Å². The summed E-state index contributed by atoms with van der Waals surface area (Å²) in [5, 5.41) is 9.02. The van der Waals surface area contributed by atoms with Gasteiger partial charge in [-0.1, -0.05) is 18.2 Å². The molecular formula is C14H11N3O2. The number of aromatic carboxylic acids is 1. The Morgan fingerprint density at radius 2 is 2.00 bits per heavy atom. The molecule has 0 fully saturated rings. The number of carboxylic acids is 1. The molecule has 2 heterocycles. The summed E-state index contributed by atoms with van der Waals surface area (Å²) < 4.78 is 1.79. The number of fused-ring (bicyclic) bond motifs is 1. The monoisotopic (exact) mass is 253 g/mol. The Labute approximate surface area is 108 Å². The average molecular weight is 253 g/mol. The minimum absolute atomic E-state index is 0.226. The summed E-state index contributed by atoms with van der Waals surface area (Å²) in [6.07, 6.45) is 1.71. The molecule has 94 valence electrons. The molecule has 0 saturated heterocycles. The van der Waals surface area contributed by atoms with Crippen molar-refractivity contribution in [2.75, 3.05) is 5.73 Å². The third kappa shape index (κ3) is 1.81. The lowest BCUT2D eigenvalue weighted by molar-refractivity contribution is 0.0697. The molecule has 0 unspecified atom stereocenters. The van der Waals surface area contributed by atoms with Crippen LogP contribution in [0.15, 0.2) is 48.7 Å². The third-order valence-corrected chi connectivity index (χ3v) is 2.95. The minimum Gasteiger partial charge on any atom is -0.478 e. The number of anilines is 1. The van der Waals surface area contributed by atoms with E-state index in [-0.39, 0.29) is 5.56 Å². The van der Waals surface area contributed by atoms with E-state index in [0.29, 0.717) is 11.6 Å². The van der Waals surface area contributed by atoms with Crippen molar-refractivity contribution >= 4 is 17.3 Å². The van der Waals surface area contributed by atoms with Crippen LogP contribution in [-0.4, -0.2) is 20.5 Å². The van der Waals surface area contributed by atoms with Crippen LogP contribution in [0.2, 0.25) is 0 Å². The predicted molar refractivity (Wildman–Crippen MR) is 72.0 cm³/mol. The van der Waals surface area contributed by atoms with Crippen molar-refractivity contribution in [2.45, 2.75) is 0 Å². The molecule has 5 heteroatoms. The van der Waals surface area contributed by atoms with Gasteiger partial charge in [-0.05, 0) is 24.3 Å². The molecule has 3 aromatic rings. The standard InChI is InChI=1S/C14H11N3O2/c15-12-6-2-5-11-8-16-13(17(11)12)9-3-1-4-10(7-9)14(18)19/h1-8H,15H2,(H,18,19). The molecule has 2 aromatic heterocycles. The lowest BCUT2D eigenvalue weighted by atomic mass is 10.1. The number of hydrogen-bond donors (Lipinski definition) is 2. The fourth-order valence-electron chi connectivity index (χ4n) is 2.07. The first-order valence-corrected chi connectivity index (χ1v) is 5.72. The number of carboxylic acid groups (broad SMARTS) is 1. The summed E-state index contributed by atoms with van der Waals surface area (Å²) in [6, 6.07) is 12.2. The van der Waals surface area contributed by atoms with E-state index < -0.39 is 5.97 Å². The number of hydrogen-bond acceptors (Lipinski definition) is 3. The molecule has 0 aliphatic heterocycles. The minimum atomic E-state index is -0.962. The number of nitrogens with zero attached hydrogens (tertiary/aromatic N) is 2. The number of aromatic nitrogens is 2. The maximum Gasteiger partial charge on any atom is 0.335 e. The molecule has 0 aliphatic carbocycles. The number of imidazole rings is 1. The molecule has 1 aromatic carbocycles. The van der Waals surface area contributed by atoms with E-state index in [1.807, 2.05) is 18.2 Å². The van der Waals surface area contributed by atoms with E-state index in [9.17, 15) is 4.79 Å². The van der Waals surface area contributed by atoms with Gasteiger partial charge in [-0.15, -0.1) is 0 Å². The normalized spacial score (nSPS) is 10.7. The Balaban J connectivity index is 2.25. The Kier molecular flexibility index (Phi) is 2.45. The van der Waals surface area contributed by atoms with Gasteiger partial charge in [0.15, 0.2) is 0 Å². The quantitative estimate of drug-likeness (QED) is 0.734. The van der Waals surface area contributed by atoms with Gasteiger partial charge in [0.05, 0.1) is 17.3 Å². The molecule has 0 aliphatic rings. The Morgan fingerprint density at radius 3 is 2.79 bits per heavy atom. The zero-order chi connectivity index (χ0) is 13.4. The Morgan fingerprint density at radius 1 is 1.21 bits per heavy atom. The van der Waals surface area contributed by atoms with Crippen LogP contribution in [0.1, 0.15) is 10.4 Å². The highest BCUT2D eigenvalue weighted by atomic mass is 16.4. The van der Waals surface area contributed by atoms with Gasteiger partial charge >= 0.3 is 5.97 Å². The topological polar surface area (TPSA) is 80.6 Å². The highest BCUT2D eigenvalue weighted by Crippen LogP contribution is 2.23. The molecule has 0 atom stereocenters. The summed E-state index contributed by atoms with van der Waals surface area (Å²) in [6.45, 7) is 0. The van der Waals surface area contributed by atoms with Crippen LogP contribution in [0.5, 0.6) is 0 Å². The van der Waals surface area contributed by atoms with Gasteiger partial charge in [0.25, 0.3) is 0 Å². The average Bonchev–Trinajstić information content (AvgIpc) is 2.84. The van der Waals surface area contributed by atoms with E-state index in [0.717, 1.165) is 11.1 Å². The Hall–Kier alpha value is -2.82. The number of carbonyl (C=O) groups is 1. The van der Waals surface area contributed by atoms with Crippen LogP contribution in [0.25, 0.3) is 16.9 Å². The van der Waals surface area contributed by atoms with E-state index >= 15 is 0 Å². The van der Waals surface area contributed by atoms with Crippen LogP contribution in [0, 0.1) is 0 Å². The second-order valence-electron chi connectivity index (χ2n) is 4.18. The summed E-state index contributed by atoms with van der Waals surface area (Å²) in [5.41, 5.74) is 7.76. The van der Waals surface area contributed by atoms with Crippen molar-refractivity contribution in [3.8, 4) is 11.4 Å². The van der Waals surface area contributed by atoms with E-state index in [1.165, 1.54) is 0 Å². The smallest absolute Gasteiger partial charge is 0.335 e. The first-order valence-electron chi connectivity index (χ1n) is 5.72. The van der Waals surface area contributed by atoms with Gasteiger partial charge in [-0.3, -0.25) is 4.40 Å². The van der Waals surface area contributed by atoms with Crippen molar-refractivity contribution in [3.05, 3.63) is 54.2 Å². The number of rotatable bonds is 2. The summed E-state index contributed by atoms with van der Waals surface area (Å²) in [4.78, 5) is 15.3. The van der Waals surface area contributed by atoms with E-state index in [1.54, 1.807) is 34.9 Å². The fraction of sp³-hybridized carbons (Fsp3) is 0.